The molecular formula is C30H34N2O5. The molecule has 2 atom stereocenters. The van der Waals surface area contributed by atoms with E-state index in [4.69, 9.17) is 0 Å². The molecule has 3 aromatic carbocycles. The fraction of sp³-hybridized carbons (Fsp3) is 0.333. The summed E-state index contributed by atoms with van der Waals surface area (Å²) < 4.78 is 0. The van der Waals surface area contributed by atoms with Crippen LogP contribution in [0.4, 0.5) is 0 Å². The smallest absolute Gasteiger partial charge is 0.261 e. The molecule has 4 rings (SSSR count). The zero-order valence-electron chi connectivity index (χ0n) is 21.1. The van der Waals surface area contributed by atoms with Crippen LogP contribution < -0.4 is 0 Å². The lowest BCUT2D eigenvalue weighted by Crippen LogP contribution is -2.38. The quantitative estimate of drug-likeness (QED) is 0.249. The highest BCUT2D eigenvalue weighted by Gasteiger charge is 2.34. The fourth-order valence-electron chi connectivity index (χ4n) is 4.76. The van der Waals surface area contributed by atoms with E-state index < -0.39 is 6.10 Å². The first kappa shape index (κ1) is 26.4. The highest BCUT2D eigenvalue weighted by Crippen LogP contribution is 2.24. The van der Waals surface area contributed by atoms with E-state index in [1.54, 1.807) is 60.7 Å². The molecule has 0 saturated heterocycles. The maximum absolute atomic E-state index is 12.6. The number of phenolic OH excluding ortho intramolecular Hbond substituents is 2. The molecule has 1 aliphatic rings. The third-order valence-electron chi connectivity index (χ3n) is 7.05. The molecule has 3 N–H and O–H groups in total. The first-order valence-electron chi connectivity index (χ1n) is 12.8. The van der Waals surface area contributed by atoms with Gasteiger partial charge in [0.05, 0.1) is 17.2 Å². The largest absolute Gasteiger partial charge is 0.508 e. The van der Waals surface area contributed by atoms with Crippen molar-refractivity contribution >= 4 is 11.8 Å². The number of imide groups is 1. The molecule has 7 heteroatoms. The van der Waals surface area contributed by atoms with Gasteiger partial charge in [-0.05, 0) is 86.7 Å². The number of carbonyl (C=O) groups excluding carboxylic acids is 2. The number of hydrogen-bond donors (Lipinski definition) is 3. The van der Waals surface area contributed by atoms with Crippen molar-refractivity contribution in [3.05, 3.63) is 95.1 Å². The highest BCUT2D eigenvalue weighted by atomic mass is 16.3. The van der Waals surface area contributed by atoms with Crippen molar-refractivity contribution in [1.29, 1.82) is 0 Å². The molecule has 0 saturated carbocycles. The van der Waals surface area contributed by atoms with Crippen LogP contribution in [0, 0.1) is 0 Å². The van der Waals surface area contributed by atoms with Crippen LogP contribution in [0.1, 0.15) is 64.1 Å². The van der Waals surface area contributed by atoms with E-state index in [-0.39, 0.29) is 29.4 Å². The van der Waals surface area contributed by atoms with Crippen LogP contribution in [0.15, 0.2) is 72.8 Å². The lowest BCUT2D eigenvalue weighted by Gasteiger charge is -2.31. The van der Waals surface area contributed by atoms with Gasteiger partial charge in [-0.3, -0.25) is 19.4 Å². The predicted octanol–water partition coefficient (Wildman–Crippen LogP) is 4.53. The number of benzene rings is 3. The van der Waals surface area contributed by atoms with Crippen LogP contribution in [0.25, 0.3) is 0 Å². The zero-order valence-corrected chi connectivity index (χ0v) is 21.1. The summed E-state index contributed by atoms with van der Waals surface area (Å²) in [6, 6.07) is 20.9. The second-order valence-corrected chi connectivity index (χ2v) is 9.67. The van der Waals surface area contributed by atoms with Crippen molar-refractivity contribution in [3.63, 3.8) is 0 Å². The number of aliphatic hydroxyl groups is 1. The van der Waals surface area contributed by atoms with E-state index in [1.165, 1.54) is 4.90 Å². The van der Waals surface area contributed by atoms with E-state index in [0.717, 1.165) is 30.4 Å². The number of phenols is 2. The van der Waals surface area contributed by atoms with Gasteiger partial charge < -0.3 is 15.3 Å². The zero-order chi connectivity index (χ0) is 26.4. The van der Waals surface area contributed by atoms with Crippen LogP contribution in [-0.2, 0) is 6.42 Å². The summed E-state index contributed by atoms with van der Waals surface area (Å²) in [7, 11) is 0. The van der Waals surface area contributed by atoms with Gasteiger partial charge in [-0.1, -0.05) is 36.4 Å². The van der Waals surface area contributed by atoms with Gasteiger partial charge in [0.1, 0.15) is 11.5 Å². The number of rotatable bonds is 12. The normalized spacial score (nSPS) is 14.7. The molecule has 2 unspecified atom stereocenters. The number of carbonyl (C=O) groups is 2. The lowest BCUT2D eigenvalue weighted by molar-refractivity contribution is 0.0644. The molecule has 1 heterocycles. The van der Waals surface area contributed by atoms with E-state index in [2.05, 4.69) is 11.8 Å². The number of aliphatic hydroxyl groups excluding tert-OH is 1. The van der Waals surface area contributed by atoms with Crippen LogP contribution in [0.3, 0.4) is 0 Å². The predicted molar refractivity (Wildman–Crippen MR) is 142 cm³/mol. The molecule has 194 valence electrons. The summed E-state index contributed by atoms with van der Waals surface area (Å²) in [5.41, 5.74) is 2.80. The monoisotopic (exact) mass is 502 g/mol. The Bertz CT molecular complexity index is 1170. The number of unbranched alkanes of at least 4 members (excludes halogenated alkanes) is 1. The van der Waals surface area contributed by atoms with Crippen molar-refractivity contribution < 1.29 is 24.9 Å². The molecule has 37 heavy (non-hydrogen) atoms. The van der Waals surface area contributed by atoms with Crippen LogP contribution in [-0.4, -0.2) is 62.6 Å². The summed E-state index contributed by atoms with van der Waals surface area (Å²) in [5.74, 6) is -0.0679. The van der Waals surface area contributed by atoms with Crippen molar-refractivity contribution in [1.82, 2.24) is 9.80 Å². The number of hydrogen-bond acceptors (Lipinski definition) is 6. The molecule has 2 amide bonds. The highest BCUT2D eigenvalue weighted by molar-refractivity contribution is 6.21. The average molecular weight is 503 g/mol. The molecule has 7 nitrogen and oxygen atoms in total. The molecule has 0 fully saturated rings. The first-order chi connectivity index (χ1) is 17.8. The minimum absolute atomic E-state index is 0.156. The van der Waals surface area contributed by atoms with Crippen molar-refractivity contribution in [2.24, 2.45) is 0 Å². The molecule has 3 aromatic rings. The number of aromatic hydroxyl groups is 2. The summed E-state index contributed by atoms with van der Waals surface area (Å²) in [5, 5.41) is 30.0. The Hall–Kier alpha value is -3.68. The maximum Gasteiger partial charge on any atom is 0.261 e. The van der Waals surface area contributed by atoms with Crippen LogP contribution in [0.5, 0.6) is 11.5 Å². The Labute approximate surface area is 217 Å². The van der Waals surface area contributed by atoms with E-state index in [0.29, 0.717) is 37.2 Å². The number of aryl methyl sites for hydroxylation is 1. The van der Waals surface area contributed by atoms with Gasteiger partial charge in [-0.25, -0.2) is 0 Å². The second-order valence-electron chi connectivity index (χ2n) is 9.67. The van der Waals surface area contributed by atoms with Gasteiger partial charge in [-0.2, -0.15) is 0 Å². The molecule has 0 spiro atoms. The van der Waals surface area contributed by atoms with Gasteiger partial charge in [-0.15, -0.1) is 0 Å². The average Bonchev–Trinajstić information content (AvgIpc) is 3.15. The Balaban J connectivity index is 1.35. The van der Waals surface area contributed by atoms with Gasteiger partial charge in [0.25, 0.3) is 11.8 Å². The Kier molecular flexibility index (Phi) is 8.58. The van der Waals surface area contributed by atoms with Crippen LogP contribution in [0.2, 0.25) is 0 Å². The summed E-state index contributed by atoms with van der Waals surface area (Å²) >= 11 is 0. The lowest BCUT2D eigenvalue weighted by atomic mass is 10.0. The molecular weight excluding hydrogens is 468 g/mol. The molecule has 0 radical (unpaired) electrons. The van der Waals surface area contributed by atoms with Gasteiger partial charge in [0.2, 0.25) is 0 Å². The topological polar surface area (TPSA) is 101 Å². The van der Waals surface area contributed by atoms with E-state index in [1.807, 2.05) is 12.1 Å². The number of nitrogens with zero attached hydrogens (tertiary/aromatic N) is 2. The SMILES string of the molecule is CC(CCc1ccc(O)cc1)N(CCCCN1C(=O)c2ccccc2C1=O)CC(O)c1ccc(O)cc1. The Morgan fingerprint density at radius 3 is 1.97 bits per heavy atom. The van der Waals surface area contributed by atoms with Crippen molar-refractivity contribution in [2.75, 3.05) is 19.6 Å². The standard InChI is InChI=1S/C30H34N2O5/c1-21(8-9-22-10-14-24(33)15-11-22)31(20-28(35)23-12-16-25(34)17-13-23)18-4-5-19-32-29(36)26-6-2-3-7-27(26)30(32)37/h2-3,6-7,10-17,21,28,33-35H,4-5,8-9,18-20H2,1H3. The fourth-order valence-corrected chi connectivity index (χ4v) is 4.76. The van der Waals surface area contributed by atoms with Gasteiger partial charge >= 0.3 is 0 Å². The molecule has 0 aliphatic carbocycles. The maximum atomic E-state index is 12.6. The minimum atomic E-state index is -0.715. The Morgan fingerprint density at radius 2 is 1.38 bits per heavy atom. The molecule has 1 aliphatic heterocycles. The first-order valence-corrected chi connectivity index (χ1v) is 12.8. The number of amides is 2. The minimum Gasteiger partial charge on any atom is -0.508 e. The summed E-state index contributed by atoms with van der Waals surface area (Å²) in [4.78, 5) is 28.8. The van der Waals surface area contributed by atoms with Crippen LogP contribution >= 0.6 is 0 Å². The third kappa shape index (κ3) is 6.56. The van der Waals surface area contributed by atoms with Gasteiger partial charge in [0.15, 0.2) is 0 Å². The van der Waals surface area contributed by atoms with Gasteiger partial charge in [0, 0.05) is 19.1 Å². The number of fused-ring (bicyclic) bond motifs is 1. The third-order valence-corrected chi connectivity index (χ3v) is 7.05. The van der Waals surface area contributed by atoms with Crippen molar-refractivity contribution in [2.45, 2.75) is 44.8 Å². The Morgan fingerprint density at radius 1 is 0.811 bits per heavy atom. The second kappa shape index (κ2) is 12.0. The summed E-state index contributed by atoms with van der Waals surface area (Å²) in [6.07, 6.45) is 2.42. The van der Waals surface area contributed by atoms with E-state index in [9.17, 15) is 24.9 Å². The summed E-state index contributed by atoms with van der Waals surface area (Å²) in [6.45, 7) is 3.63. The van der Waals surface area contributed by atoms with E-state index >= 15 is 0 Å². The van der Waals surface area contributed by atoms with Crippen molar-refractivity contribution in [3.8, 4) is 11.5 Å². The molecule has 0 aromatic heterocycles. The molecule has 0 bridgehead atoms.